The summed E-state index contributed by atoms with van der Waals surface area (Å²) in [4.78, 5) is 15.7. The highest BCUT2D eigenvalue weighted by atomic mass is 19.1. The van der Waals surface area contributed by atoms with Crippen LogP contribution in [0.1, 0.15) is 50.0 Å². The molecule has 2 saturated carbocycles. The van der Waals surface area contributed by atoms with Gasteiger partial charge in [0, 0.05) is 11.6 Å². The Labute approximate surface area is 134 Å². The number of carboxylic acid groups (broad SMARTS) is 1. The van der Waals surface area contributed by atoms with Crippen LogP contribution in [0, 0.1) is 17.2 Å². The zero-order chi connectivity index (χ0) is 16.0. The van der Waals surface area contributed by atoms with Crippen molar-refractivity contribution in [3.63, 3.8) is 0 Å². The predicted molar refractivity (Wildman–Crippen MR) is 85.7 cm³/mol. The third kappa shape index (κ3) is 2.32. The van der Waals surface area contributed by atoms with Crippen LogP contribution in [0.5, 0.6) is 0 Å². The maximum Gasteiger partial charge on any atom is 0.307 e. The van der Waals surface area contributed by atoms with Crippen LogP contribution in [-0.4, -0.2) is 16.1 Å². The lowest BCUT2D eigenvalue weighted by Gasteiger charge is -2.51. The van der Waals surface area contributed by atoms with Gasteiger partial charge in [0.25, 0.3) is 0 Å². The van der Waals surface area contributed by atoms with Crippen LogP contribution in [0.4, 0.5) is 4.39 Å². The van der Waals surface area contributed by atoms with Gasteiger partial charge in [-0.3, -0.25) is 9.78 Å². The highest BCUT2D eigenvalue weighted by Crippen LogP contribution is 2.58. The maximum atomic E-state index is 13.6. The largest absolute Gasteiger partial charge is 0.481 e. The molecule has 0 bridgehead atoms. The standard InChI is InChI=1S/C19H20FNO2/c20-13-1-2-17-15(11-13)14(6-10-21-17)12-3-7-19(8-4-12)9-5-16(19)18(22)23/h1-2,6,10-12,16H,3-5,7-9H2,(H,22,23)/t12?,16-,19?/m1/s1. The molecule has 1 aromatic carbocycles. The van der Waals surface area contributed by atoms with E-state index in [0.717, 1.165) is 55.0 Å². The van der Waals surface area contributed by atoms with Gasteiger partial charge in [-0.25, -0.2) is 4.39 Å². The van der Waals surface area contributed by atoms with Crippen molar-refractivity contribution >= 4 is 16.9 Å². The number of rotatable bonds is 2. The predicted octanol–water partition coefficient (Wildman–Crippen LogP) is 4.51. The van der Waals surface area contributed by atoms with Gasteiger partial charge < -0.3 is 5.11 Å². The van der Waals surface area contributed by atoms with Crippen molar-refractivity contribution in [2.24, 2.45) is 11.3 Å². The minimum absolute atomic E-state index is 0.0242. The molecule has 1 atom stereocenters. The van der Waals surface area contributed by atoms with Gasteiger partial charge in [0.1, 0.15) is 5.82 Å². The normalized spacial score (nSPS) is 30.3. The molecule has 0 saturated heterocycles. The number of benzene rings is 1. The quantitative estimate of drug-likeness (QED) is 0.887. The maximum absolute atomic E-state index is 13.6. The van der Waals surface area contributed by atoms with E-state index in [1.54, 1.807) is 18.3 Å². The van der Waals surface area contributed by atoms with E-state index in [1.165, 1.54) is 6.07 Å². The van der Waals surface area contributed by atoms with Crippen LogP contribution >= 0.6 is 0 Å². The molecule has 1 aromatic heterocycles. The Morgan fingerprint density at radius 3 is 2.57 bits per heavy atom. The molecule has 1 N–H and O–H groups in total. The second-order valence-corrected chi connectivity index (χ2v) is 7.13. The fourth-order valence-electron chi connectivity index (χ4n) is 4.68. The number of aromatic nitrogens is 1. The molecule has 2 aliphatic rings. The van der Waals surface area contributed by atoms with Crippen LogP contribution < -0.4 is 0 Å². The van der Waals surface area contributed by atoms with Gasteiger partial charge in [-0.2, -0.15) is 0 Å². The fraction of sp³-hybridized carbons (Fsp3) is 0.474. The van der Waals surface area contributed by atoms with Crippen molar-refractivity contribution in [1.82, 2.24) is 4.98 Å². The molecule has 4 rings (SSSR count). The second kappa shape index (κ2) is 5.29. The van der Waals surface area contributed by atoms with E-state index >= 15 is 0 Å². The first-order chi connectivity index (χ1) is 11.1. The van der Waals surface area contributed by atoms with E-state index in [9.17, 15) is 14.3 Å². The Morgan fingerprint density at radius 2 is 1.91 bits per heavy atom. The molecule has 0 aliphatic heterocycles. The van der Waals surface area contributed by atoms with Crippen LogP contribution in [-0.2, 0) is 4.79 Å². The molecule has 0 radical (unpaired) electrons. The van der Waals surface area contributed by atoms with Gasteiger partial charge in [-0.15, -0.1) is 0 Å². The Morgan fingerprint density at radius 1 is 1.17 bits per heavy atom. The number of carbonyl (C=O) groups is 1. The van der Waals surface area contributed by atoms with Gasteiger partial charge in [0.05, 0.1) is 11.4 Å². The van der Waals surface area contributed by atoms with Gasteiger partial charge in [0.2, 0.25) is 0 Å². The minimum atomic E-state index is -0.633. The highest BCUT2D eigenvalue weighted by molar-refractivity contribution is 5.82. The minimum Gasteiger partial charge on any atom is -0.481 e. The summed E-state index contributed by atoms with van der Waals surface area (Å²) in [6, 6.07) is 6.75. The topological polar surface area (TPSA) is 50.2 Å². The third-order valence-corrected chi connectivity index (χ3v) is 6.13. The Hall–Kier alpha value is -1.97. The van der Waals surface area contributed by atoms with Crippen LogP contribution in [0.25, 0.3) is 10.9 Å². The molecule has 120 valence electrons. The smallest absolute Gasteiger partial charge is 0.307 e. The summed E-state index contributed by atoms with van der Waals surface area (Å²) in [7, 11) is 0. The monoisotopic (exact) mass is 313 g/mol. The lowest BCUT2D eigenvalue weighted by atomic mass is 9.52. The number of hydrogen-bond donors (Lipinski definition) is 1. The Kier molecular flexibility index (Phi) is 3.36. The van der Waals surface area contributed by atoms with Crippen molar-refractivity contribution in [3.05, 3.63) is 41.8 Å². The van der Waals surface area contributed by atoms with Crippen molar-refractivity contribution in [3.8, 4) is 0 Å². The molecule has 2 aliphatic carbocycles. The first-order valence-corrected chi connectivity index (χ1v) is 8.36. The van der Waals surface area contributed by atoms with Gasteiger partial charge in [-0.1, -0.05) is 0 Å². The fourth-order valence-corrected chi connectivity index (χ4v) is 4.68. The summed E-state index contributed by atoms with van der Waals surface area (Å²) in [5.74, 6) is -0.645. The van der Waals surface area contributed by atoms with E-state index in [-0.39, 0.29) is 17.2 Å². The number of pyridine rings is 1. The van der Waals surface area contributed by atoms with Gasteiger partial charge >= 0.3 is 5.97 Å². The third-order valence-electron chi connectivity index (χ3n) is 6.13. The molecule has 0 unspecified atom stereocenters. The van der Waals surface area contributed by atoms with E-state index < -0.39 is 5.97 Å². The molecule has 0 amide bonds. The molecule has 23 heavy (non-hydrogen) atoms. The molecule has 1 heterocycles. The van der Waals surface area contributed by atoms with Crippen molar-refractivity contribution < 1.29 is 14.3 Å². The van der Waals surface area contributed by atoms with Gasteiger partial charge in [-0.05, 0) is 79.7 Å². The molecular weight excluding hydrogens is 293 g/mol. The number of nitrogens with zero attached hydrogens (tertiary/aromatic N) is 1. The highest BCUT2D eigenvalue weighted by Gasteiger charge is 2.51. The van der Waals surface area contributed by atoms with Crippen LogP contribution in [0.3, 0.4) is 0 Å². The van der Waals surface area contributed by atoms with E-state index in [2.05, 4.69) is 4.98 Å². The Bertz CT molecular complexity index is 765. The average molecular weight is 313 g/mol. The second-order valence-electron chi connectivity index (χ2n) is 7.13. The average Bonchev–Trinajstić information content (AvgIpc) is 2.53. The van der Waals surface area contributed by atoms with Crippen molar-refractivity contribution in [2.45, 2.75) is 44.4 Å². The number of aliphatic carboxylic acids is 1. The zero-order valence-electron chi connectivity index (χ0n) is 13.0. The number of carboxylic acids is 1. The summed E-state index contributed by atoms with van der Waals surface area (Å²) in [6.07, 6.45) is 7.56. The molecule has 3 nitrogen and oxygen atoms in total. The molecule has 4 heteroatoms. The lowest BCUT2D eigenvalue weighted by molar-refractivity contribution is -0.157. The first-order valence-electron chi connectivity index (χ1n) is 8.36. The Balaban J connectivity index is 1.60. The van der Waals surface area contributed by atoms with Crippen molar-refractivity contribution in [1.29, 1.82) is 0 Å². The first kappa shape index (κ1) is 14.6. The summed E-state index contributed by atoms with van der Waals surface area (Å²) >= 11 is 0. The van der Waals surface area contributed by atoms with Crippen molar-refractivity contribution in [2.75, 3.05) is 0 Å². The lowest BCUT2D eigenvalue weighted by Crippen LogP contribution is -2.46. The van der Waals surface area contributed by atoms with E-state index in [4.69, 9.17) is 0 Å². The number of halogens is 1. The van der Waals surface area contributed by atoms with Crippen LogP contribution in [0.15, 0.2) is 30.5 Å². The van der Waals surface area contributed by atoms with Crippen LogP contribution in [0.2, 0.25) is 0 Å². The molecule has 1 spiro atoms. The number of hydrogen-bond acceptors (Lipinski definition) is 2. The van der Waals surface area contributed by atoms with Gasteiger partial charge in [0.15, 0.2) is 0 Å². The van der Waals surface area contributed by atoms with E-state index in [0.29, 0.717) is 5.92 Å². The summed E-state index contributed by atoms with van der Waals surface area (Å²) in [5.41, 5.74) is 2.02. The number of fused-ring (bicyclic) bond motifs is 1. The summed E-state index contributed by atoms with van der Waals surface area (Å²) in [6.45, 7) is 0. The zero-order valence-corrected chi connectivity index (χ0v) is 13.0. The summed E-state index contributed by atoms with van der Waals surface area (Å²) in [5, 5.41) is 10.3. The molecular formula is C19H20FNO2. The molecule has 2 fully saturated rings. The SMILES string of the molecule is O=C(O)[C@H]1CCC12CCC(c1ccnc3ccc(F)cc13)CC2. The molecule has 2 aromatic rings. The van der Waals surface area contributed by atoms with E-state index in [1.807, 2.05) is 6.07 Å². The summed E-state index contributed by atoms with van der Waals surface area (Å²) < 4.78 is 13.6.